The van der Waals surface area contributed by atoms with Crippen LogP contribution in [-0.4, -0.2) is 29.7 Å². The summed E-state index contributed by atoms with van der Waals surface area (Å²) < 4.78 is 0. The van der Waals surface area contributed by atoms with Gasteiger partial charge in [-0.05, 0) is 24.8 Å². The molecule has 1 aliphatic carbocycles. The molecule has 1 heterocycles. The van der Waals surface area contributed by atoms with Crippen molar-refractivity contribution in [2.75, 3.05) is 7.11 Å². The van der Waals surface area contributed by atoms with E-state index in [4.69, 9.17) is 10.4 Å². The molecule has 0 aromatic carbocycles. The minimum atomic E-state index is -0.545. The Bertz CT molecular complexity index is 379. The fourth-order valence-electron chi connectivity index (χ4n) is 2.81. The molecule has 0 radical (unpaired) electrons. The van der Waals surface area contributed by atoms with Crippen LogP contribution in [0.5, 0.6) is 0 Å². The molecule has 1 saturated carbocycles. The van der Waals surface area contributed by atoms with E-state index < -0.39 is 5.54 Å². The van der Waals surface area contributed by atoms with Crippen molar-refractivity contribution in [3.63, 3.8) is 0 Å². The van der Waals surface area contributed by atoms with E-state index in [9.17, 15) is 4.79 Å². The highest BCUT2D eigenvalue weighted by molar-refractivity contribution is 5.84. The van der Waals surface area contributed by atoms with Gasteiger partial charge in [-0.2, -0.15) is 0 Å². The molecule has 3 atom stereocenters. The third kappa shape index (κ3) is 1.30. The number of hydrogen-bond donors (Lipinski definition) is 0. The Morgan fingerprint density at radius 3 is 2.81 bits per heavy atom. The normalized spacial score (nSPS) is 42.1. The van der Waals surface area contributed by atoms with E-state index in [0.29, 0.717) is 6.42 Å². The van der Waals surface area contributed by atoms with E-state index >= 15 is 0 Å². The van der Waals surface area contributed by atoms with Crippen molar-refractivity contribution in [2.45, 2.75) is 44.7 Å². The molecule has 0 spiro atoms. The fourth-order valence-corrected chi connectivity index (χ4v) is 2.81. The monoisotopic (exact) mass is 224 g/mol. The van der Waals surface area contributed by atoms with Crippen molar-refractivity contribution in [1.82, 2.24) is 5.06 Å². The molecule has 2 fully saturated rings. The maximum atomic E-state index is 12.1. The molecule has 1 amide bonds. The second-order valence-corrected chi connectivity index (χ2v) is 5.14. The first-order valence-corrected chi connectivity index (χ1v) is 5.41. The van der Waals surface area contributed by atoms with Crippen molar-refractivity contribution in [3.8, 4) is 0 Å². The number of rotatable bonds is 2. The number of hydrogen-bond acceptors (Lipinski definition) is 3. The molecular weight excluding hydrogens is 208 g/mol. The van der Waals surface area contributed by atoms with E-state index in [2.05, 4.69) is 10.0 Å². The largest absolute Gasteiger partial charge is 0.274 e. The van der Waals surface area contributed by atoms with E-state index in [0.717, 1.165) is 12.8 Å². The van der Waals surface area contributed by atoms with Crippen LogP contribution in [0, 0.1) is 5.41 Å². The Morgan fingerprint density at radius 1 is 1.56 bits per heavy atom. The van der Waals surface area contributed by atoms with Crippen LogP contribution in [0.1, 0.15) is 33.1 Å². The maximum Gasteiger partial charge on any atom is 0.252 e. The van der Waals surface area contributed by atoms with Gasteiger partial charge in [-0.25, -0.2) is 5.06 Å². The van der Waals surface area contributed by atoms with Gasteiger partial charge in [-0.1, -0.05) is 19.0 Å². The lowest BCUT2D eigenvalue weighted by Crippen LogP contribution is -2.47. The molecule has 1 aliphatic heterocycles. The van der Waals surface area contributed by atoms with Crippen LogP contribution >= 0.6 is 0 Å². The van der Waals surface area contributed by atoms with Gasteiger partial charge in [0.15, 0.2) is 0 Å². The van der Waals surface area contributed by atoms with Gasteiger partial charge in [0.05, 0.1) is 24.1 Å². The predicted molar refractivity (Wildman–Crippen MR) is 57.2 cm³/mol. The summed E-state index contributed by atoms with van der Waals surface area (Å²) in [6.45, 7) is 3.85. The Balaban J connectivity index is 2.40. The highest BCUT2D eigenvalue weighted by atomic mass is 16.7. The lowest BCUT2D eigenvalue weighted by molar-refractivity contribution is -0.183. The van der Waals surface area contributed by atoms with Crippen molar-refractivity contribution in [1.29, 1.82) is 0 Å². The number of carbonyl (C=O) groups excluding carboxylic acids is 1. The van der Waals surface area contributed by atoms with Crippen LogP contribution in [-0.2, 0) is 9.63 Å². The molecule has 2 rings (SSSR count). The van der Waals surface area contributed by atoms with E-state index in [-0.39, 0.29) is 17.4 Å². The first kappa shape index (κ1) is 11.2. The molecule has 0 aromatic heterocycles. The Kier molecular flexibility index (Phi) is 2.36. The number of hydroxylamine groups is 2. The molecule has 2 bridgehead atoms. The highest BCUT2D eigenvalue weighted by Crippen LogP contribution is 2.51. The van der Waals surface area contributed by atoms with Crippen LogP contribution < -0.4 is 0 Å². The van der Waals surface area contributed by atoms with Gasteiger partial charge in [-0.15, -0.1) is 0 Å². The Morgan fingerprint density at radius 2 is 2.25 bits per heavy atom. The van der Waals surface area contributed by atoms with Gasteiger partial charge in [0.25, 0.3) is 5.91 Å². The van der Waals surface area contributed by atoms with E-state index in [1.165, 1.54) is 12.2 Å². The van der Waals surface area contributed by atoms with Crippen molar-refractivity contribution >= 4 is 5.91 Å². The Labute approximate surface area is 94.1 Å². The zero-order valence-corrected chi connectivity index (χ0v) is 9.80. The van der Waals surface area contributed by atoms with Gasteiger partial charge in [0.1, 0.15) is 0 Å². The number of azide groups is 1. The number of amides is 1. The quantitative estimate of drug-likeness (QED) is 0.408. The summed E-state index contributed by atoms with van der Waals surface area (Å²) in [5, 5.41) is 5.26. The molecule has 88 valence electrons. The van der Waals surface area contributed by atoms with Crippen LogP contribution in [0.15, 0.2) is 5.11 Å². The lowest BCUT2D eigenvalue weighted by Gasteiger charge is -2.38. The highest BCUT2D eigenvalue weighted by Gasteiger charge is 2.59. The molecule has 6 nitrogen and oxygen atoms in total. The number of nitrogens with zero attached hydrogens (tertiary/aromatic N) is 4. The molecular formula is C10H16N4O2. The summed E-state index contributed by atoms with van der Waals surface area (Å²) in [5.74, 6) is 0.0110. The molecule has 0 N–H and O–H groups in total. The summed E-state index contributed by atoms with van der Waals surface area (Å²) in [6.07, 6.45) is 2.18. The zero-order chi connectivity index (χ0) is 12.0. The average molecular weight is 224 g/mol. The minimum absolute atomic E-state index is 0.0110. The first-order valence-electron chi connectivity index (χ1n) is 5.41. The molecule has 0 unspecified atom stereocenters. The van der Waals surface area contributed by atoms with Crippen molar-refractivity contribution in [2.24, 2.45) is 10.5 Å². The molecule has 0 aromatic rings. The van der Waals surface area contributed by atoms with Crippen LogP contribution in [0.4, 0.5) is 0 Å². The fraction of sp³-hybridized carbons (Fsp3) is 0.900. The maximum absolute atomic E-state index is 12.1. The zero-order valence-electron chi connectivity index (χ0n) is 9.80. The van der Waals surface area contributed by atoms with Crippen molar-refractivity contribution in [3.05, 3.63) is 10.4 Å². The molecule has 16 heavy (non-hydrogen) atoms. The van der Waals surface area contributed by atoms with Gasteiger partial charge in [-0.3, -0.25) is 9.63 Å². The van der Waals surface area contributed by atoms with Crippen LogP contribution in [0.25, 0.3) is 10.4 Å². The van der Waals surface area contributed by atoms with Gasteiger partial charge in [0.2, 0.25) is 0 Å². The number of carbonyl (C=O) groups is 1. The second kappa shape index (κ2) is 3.37. The van der Waals surface area contributed by atoms with Gasteiger partial charge in [0, 0.05) is 4.91 Å². The third-order valence-corrected chi connectivity index (χ3v) is 4.01. The summed E-state index contributed by atoms with van der Waals surface area (Å²) >= 11 is 0. The summed E-state index contributed by atoms with van der Waals surface area (Å²) in [6, 6.07) is -0.139. The van der Waals surface area contributed by atoms with Gasteiger partial charge >= 0.3 is 0 Å². The first-order chi connectivity index (χ1) is 7.47. The predicted octanol–water partition coefficient (Wildman–Crippen LogP) is 2.02. The topological polar surface area (TPSA) is 78.3 Å². The van der Waals surface area contributed by atoms with Crippen LogP contribution in [0.2, 0.25) is 0 Å². The lowest BCUT2D eigenvalue weighted by atomic mass is 9.70. The Hall–Kier alpha value is -1.26. The second-order valence-electron chi connectivity index (χ2n) is 5.14. The summed E-state index contributed by atoms with van der Waals surface area (Å²) in [5.41, 5.74) is 7.73. The summed E-state index contributed by atoms with van der Waals surface area (Å²) in [7, 11) is 1.48. The molecule has 1 saturated heterocycles. The molecule has 6 heteroatoms. The standard InChI is InChI=1S/C10H16N4O2/c1-9-4-5-10(2,12-13-11)7(6-9)14(16-3)8(9)15/h7H,4-6H2,1-3H3/t7-,9-,10-/m0/s1. The van der Waals surface area contributed by atoms with Crippen LogP contribution in [0.3, 0.4) is 0 Å². The van der Waals surface area contributed by atoms with E-state index in [1.54, 1.807) is 0 Å². The molecule has 2 aliphatic rings. The van der Waals surface area contributed by atoms with E-state index in [1.807, 2.05) is 13.8 Å². The third-order valence-electron chi connectivity index (χ3n) is 4.01. The smallest absolute Gasteiger partial charge is 0.252 e. The van der Waals surface area contributed by atoms with Crippen molar-refractivity contribution < 1.29 is 9.63 Å². The SMILES string of the molecule is CON1C(=O)[C@@]2(C)CC[C@](C)(N=[N+]=[N-])[C@@H]1C2. The average Bonchev–Trinajstić information content (AvgIpc) is 2.47. The number of fused-ring (bicyclic) bond motifs is 2. The van der Waals surface area contributed by atoms with Gasteiger partial charge < -0.3 is 0 Å². The summed E-state index contributed by atoms with van der Waals surface area (Å²) in [4.78, 5) is 20.1. The minimum Gasteiger partial charge on any atom is -0.274 e.